The van der Waals surface area contributed by atoms with Gasteiger partial charge in [0, 0.05) is 0 Å². The molecule has 0 aliphatic rings. The highest BCUT2D eigenvalue weighted by atomic mass is 35.5. The Morgan fingerprint density at radius 3 is 2.50 bits per heavy atom. The zero-order valence-electron chi connectivity index (χ0n) is 6.29. The second-order valence-electron chi connectivity index (χ2n) is 1.96. The molecule has 0 amide bonds. The molecule has 2 N–H and O–H groups in total. The van der Waals surface area contributed by atoms with Crippen LogP contribution in [0.15, 0.2) is 0 Å². The van der Waals surface area contributed by atoms with E-state index in [0.29, 0.717) is 6.61 Å². The summed E-state index contributed by atoms with van der Waals surface area (Å²) in [6.45, 7) is 4.02. The van der Waals surface area contributed by atoms with Crippen LogP contribution in [0.4, 0.5) is 0 Å². The van der Waals surface area contributed by atoms with E-state index in [1.54, 1.807) is 6.92 Å². The number of ether oxygens (including phenoxy) is 1. The summed E-state index contributed by atoms with van der Waals surface area (Å²) in [5.41, 5.74) is 5.20. The van der Waals surface area contributed by atoms with Crippen LogP contribution in [-0.2, 0) is 9.53 Å². The summed E-state index contributed by atoms with van der Waals surface area (Å²) in [4.78, 5) is 10.6. The van der Waals surface area contributed by atoms with E-state index in [1.165, 1.54) is 0 Å². The SMILES string of the molecule is CCCOC(=O)[C@H](C)N.Cl. The second kappa shape index (κ2) is 6.83. The molecule has 0 spiro atoms. The minimum atomic E-state index is -0.489. The number of halogens is 1. The van der Waals surface area contributed by atoms with Gasteiger partial charge in [0.15, 0.2) is 0 Å². The Morgan fingerprint density at radius 1 is 1.70 bits per heavy atom. The molecule has 0 aromatic carbocycles. The number of rotatable bonds is 3. The van der Waals surface area contributed by atoms with Crippen LogP contribution in [0, 0.1) is 0 Å². The highest BCUT2D eigenvalue weighted by molar-refractivity contribution is 5.85. The van der Waals surface area contributed by atoms with Crippen LogP contribution in [0.2, 0.25) is 0 Å². The van der Waals surface area contributed by atoms with Gasteiger partial charge < -0.3 is 10.5 Å². The number of carbonyl (C=O) groups is 1. The zero-order valence-corrected chi connectivity index (χ0v) is 7.11. The summed E-state index contributed by atoms with van der Waals surface area (Å²) < 4.78 is 4.69. The molecule has 62 valence electrons. The minimum Gasteiger partial charge on any atom is -0.465 e. The molecule has 0 saturated carbocycles. The smallest absolute Gasteiger partial charge is 0.322 e. The maximum absolute atomic E-state index is 10.6. The molecule has 1 atom stereocenters. The van der Waals surface area contributed by atoms with E-state index in [4.69, 9.17) is 5.73 Å². The fourth-order valence-corrected chi connectivity index (χ4v) is 0.334. The van der Waals surface area contributed by atoms with Crippen molar-refractivity contribution in [2.24, 2.45) is 5.73 Å². The van der Waals surface area contributed by atoms with Gasteiger partial charge in [-0.25, -0.2) is 0 Å². The molecule has 0 unspecified atom stereocenters. The average Bonchev–Trinajstić information content (AvgIpc) is 1.82. The molecule has 10 heavy (non-hydrogen) atoms. The predicted octanol–water partition coefficient (Wildman–Crippen LogP) is 0.709. The van der Waals surface area contributed by atoms with Crippen molar-refractivity contribution in [3.63, 3.8) is 0 Å². The topological polar surface area (TPSA) is 52.3 Å². The summed E-state index contributed by atoms with van der Waals surface area (Å²) in [7, 11) is 0. The molecule has 3 nitrogen and oxygen atoms in total. The molecule has 4 heteroatoms. The first-order valence-electron chi connectivity index (χ1n) is 3.10. The molecule has 0 aliphatic heterocycles. The van der Waals surface area contributed by atoms with E-state index in [-0.39, 0.29) is 18.4 Å². The van der Waals surface area contributed by atoms with Gasteiger partial charge in [-0.2, -0.15) is 0 Å². The van der Waals surface area contributed by atoms with Gasteiger partial charge in [-0.1, -0.05) is 6.92 Å². The normalized spacial score (nSPS) is 11.5. The van der Waals surface area contributed by atoms with Gasteiger partial charge in [-0.15, -0.1) is 12.4 Å². The predicted molar refractivity (Wildman–Crippen MR) is 42.1 cm³/mol. The molecule has 0 aromatic rings. The fourth-order valence-electron chi connectivity index (χ4n) is 0.334. The lowest BCUT2D eigenvalue weighted by Gasteiger charge is -2.03. The minimum absolute atomic E-state index is 0. The lowest BCUT2D eigenvalue weighted by Crippen LogP contribution is -2.28. The number of esters is 1. The Morgan fingerprint density at radius 2 is 2.20 bits per heavy atom. The first kappa shape index (κ1) is 12.4. The maximum Gasteiger partial charge on any atom is 0.322 e. The van der Waals surface area contributed by atoms with Gasteiger partial charge in [-0.05, 0) is 13.3 Å². The van der Waals surface area contributed by atoms with Gasteiger partial charge in [-0.3, -0.25) is 4.79 Å². The van der Waals surface area contributed by atoms with Crippen molar-refractivity contribution in [3.05, 3.63) is 0 Å². The van der Waals surface area contributed by atoms with Crippen molar-refractivity contribution < 1.29 is 9.53 Å². The van der Waals surface area contributed by atoms with Crippen molar-refractivity contribution >= 4 is 18.4 Å². The Balaban J connectivity index is 0. The monoisotopic (exact) mass is 167 g/mol. The third-order valence-corrected chi connectivity index (χ3v) is 0.820. The van der Waals surface area contributed by atoms with E-state index in [0.717, 1.165) is 6.42 Å². The lowest BCUT2D eigenvalue weighted by molar-refractivity contribution is -0.144. The average molecular weight is 168 g/mol. The third kappa shape index (κ3) is 5.85. The molecule has 0 aliphatic carbocycles. The summed E-state index contributed by atoms with van der Waals surface area (Å²) in [6.07, 6.45) is 0.846. The van der Waals surface area contributed by atoms with E-state index >= 15 is 0 Å². The molecule has 0 bridgehead atoms. The van der Waals surface area contributed by atoms with Crippen molar-refractivity contribution in [1.82, 2.24) is 0 Å². The Kier molecular flexibility index (Phi) is 8.48. The van der Waals surface area contributed by atoms with Crippen LogP contribution in [0.25, 0.3) is 0 Å². The fraction of sp³-hybridized carbons (Fsp3) is 0.833. The second-order valence-corrected chi connectivity index (χ2v) is 1.96. The number of hydrogen-bond acceptors (Lipinski definition) is 3. The Bertz CT molecular complexity index is 95.7. The quantitative estimate of drug-likeness (QED) is 0.630. The van der Waals surface area contributed by atoms with Gasteiger partial charge in [0.25, 0.3) is 0 Å². The van der Waals surface area contributed by atoms with Gasteiger partial charge >= 0.3 is 5.97 Å². The van der Waals surface area contributed by atoms with Crippen molar-refractivity contribution in [2.45, 2.75) is 26.3 Å². The lowest BCUT2D eigenvalue weighted by atomic mass is 10.4. The van der Waals surface area contributed by atoms with E-state index in [2.05, 4.69) is 4.74 Å². The van der Waals surface area contributed by atoms with E-state index in [9.17, 15) is 4.79 Å². The van der Waals surface area contributed by atoms with Crippen LogP contribution in [-0.4, -0.2) is 18.6 Å². The van der Waals surface area contributed by atoms with Crippen molar-refractivity contribution in [1.29, 1.82) is 0 Å². The largest absolute Gasteiger partial charge is 0.465 e. The molecular formula is C6H14ClNO2. The molecule has 0 radical (unpaired) electrons. The first-order chi connectivity index (χ1) is 4.18. The Hall–Kier alpha value is -0.280. The summed E-state index contributed by atoms with van der Waals surface area (Å²) in [6, 6.07) is -0.489. The van der Waals surface area contributed by atoms with Gasteiger partial charge in [0.1, 0.15) is 6.04 Å². The number of hydrogen-bond donors (Lipinski definition) is 1. The van der Waals surface area contributed by atoms with Crippen LogP contribution in [0.1, 0.15) is 20.3 Å². The highest BCUT2D eigenvalue weighted by Gasteiger charge is 2.06. The van der Waals surface area contributed by atoms with Crippen LogP contribution >= 0.6 is 12.4 Å². The van der Waals surface area contributed by atoms with Crippen molar-refractivity contribution in [2.75, 3.05) is 6.61 Å². The standard InChI is InChI=1S/C6H13NO2.ClH/c1-3-4-9-6(8)5(2)7;/h5H,3-4,7H2,1-2H3;1H/t5-;/m0./s1. The third-order valence-electron chi connectivity index (χ3n) is 0.820. The molecule has 0 saturated heterocycles. The zero-order chi connectivity index (χ0) is 7.28. The van der Waals surface area contributed by atoms with Crippen LogP contribution in [0.3, 0.4) is 0 Å². The van der Waals surface area contributed by atoms with E-state index < -0.39 is 6.04 Å². The molecular weight excluding hydrogens is 154 g/mol. The van der Waals surface area contributed by atoms with Gasteiger partial charge in [0.05, 0.1) is 6.61 Å². The highest BCUT2D eigenvalue weighted by Crippen LogP contribution is 1.85. The van der Waals surface area contributed by atoms with Crippen LogP contribution < -0.4 is 5.73 Å². The first-order valence-corrected chi connectivity index (χ1v) is 3.10. The van der Waals surface area contributed by atoms with Crippen LogP contribution in [0.5, 0.6) is 0 Å². The number of carbonyl (C=O) groups excluding carboxylic acids is 1. The molecule has 0 fully saturated rings. The molecule has 0 heterocycles. The summed E-state index contributed by atoms with van der Waals surface area (Å²) in [5.74, 6) is -0.322. The maximum atomic E-state index is 10.6. The summed E-state index contributed by atoms with van der Waals surface area (Å²) >= 11 is 0. The molecule has 0 rings (SSSR count). The molecule has 0 aromatic heterocycles. The Labute approximate surface area is 67.3 Å². The summed E-state index contributed by atoms with van der Waals surface area (Å²) in [5, 5.41) is 0. The van der Waals surface area contributed by atoms with E-state index in [1.807, 2.05) is 6.92 Å². The van der Waals surface area contributed by atoms with Gasteiger partial charge in [0.2, 0.25) is 0 Å². The number of nitrogens with two attached hydrogens (primary N) is 1. The van der Waals surface area contributed by atoms with Crippen molar-refractivity contribution in [3.8, 4) is 0 Å².